The van der Waals surface area contributed by atoms with E-state index in [1.54, 1.807) is 21.6 Å². The highest BCUT2D eigenvalue weighted by Crippen LogP contribution is 2.28. The molecule has 3 amide bonds. The van der Waals surface area contributed by atoms with Crippen LogP contribution in [0.15, 0.2) is 24.3 Å². The third-order valence-corrected chi connectivity index (χ3v) is 5.03. The van der Waals surface area contributed by atoms with Crippen molar-refractivity contribution in [3.63, 3.8) is 0 Å². The predicted octanol–water partition coefficient (Wildman–Crippen LogP) is 1.52. The van der Waals surface area contributed by atoms with Crippen LogP contribution in [0, 0.1) is 5.92 Å². The molecule has 2 heterocycles. The number of carbonyl (C=O) groups excluding carboxylic acids is 3. The van der Waals surface area contributed by atoms with Crippen LogP contribution in [0.3, 0.4) is 0 Å². The first kappa shape index (κ1) is 19.2. The molecule has 0 bridgehead atoms. The molecule has 2 fully saturated rings. The van der Waals surface area contributed by atoms with Gasteiger partial charge in [0.2, 0.25) is 17.7 Å². The highest BCUT2D eigenvalue weighted by molar-refractivity contribution is 6.00. The molecule has 2 aliphatic heterocycles. The molecule has 27 heavy (non-hydrogen) atoms. The smallest absolute Gasteiger partial charge is 0.228 e. The van der Waals surface area contributed by atoms with Gasteiger partial charge in [0.05, 0.1) is 12.0 Å². The van der Waals surface area contributed by atoms with Crippen LogP contribution in [0.4, 0.5) is 5.69 Å². The van der Waals surface area contributed by atoms with Gasteiger partial charge in [-0.05, 0) is 38.1 Å². The Morgan fingerprint density at radius 2 is 1.63 bits per heavy atom. The van der Waals surface area contributed by atoms with Gasteiger partial charge in [-0.1, -0.05) is 0 Å². The molecule has 0 aliphatic carbocycles. The molecule has 1 unspecified atom stereocenters. The zero-order valence-corrected chi connectivity index (χ0v) is 16.2. The Balaban J connectivity index is 1.60. The summed E-state index contributed by atoms with van der Waals surface area (Å²) in [5.74, 6) is 0.445. The molecule has 0 spiro atoms. The third-order valence-electron chi connectivity index (χ3n) is 5.03. The highest BCUT2D eigenvalue weighted by Gasteiger charge is 2.38. The number of ether oxygens (including phenoxy) is 1. The Kier molecular flexibility index (Phi) is 5.68. The summed E-state index contributed by atoms with van der Waals surface area (Å²) in [5, 5.41) is 0. The SMILES string of the molecule is CC(=O)N1CCN(C(=O)C2CC(=O)N(c3ccc(OC(C)C)cc3)C2)CC1. The van der Waals surface area contributed by atoms with Gasteiger partial charge in [0.15, 0.2) is 0 Å². The van der Waals surface area contributed by atoms with E-state index in [4.69, 9.17) is 4.74 Å². The van der Waals surface area contributed by atoms with Gasteiger partial charge in [0.25, 0.3) is 0 Å². The fourth-order valence-electron chi connectivity index (χ4n) is 3.60. The van der Waals surface area contributed by atoms with Gasteiger partial charge < -0.3 is 19.4 Å². The number of carbonyl (C=O) groups is 3. The normalized spacial score (nSPS) is 20.4. The Morgan fingerprint density at radius 3 is 2.19 bits per heavy atom. The van der Waals surface area contributed by atoms with Gasteiger partial charge in [-0.3, -0.25) is 14.4 Å². The summed E-state index contributed by atoms with van der Waals surface area (Å²) >= 11 is 0. The Morgan fingerprint density at radius 1 is 1.04 bits per heavy atom. The number of hydrogen-bond acceptors (Lipinski definition) is 4. The lowest BCUT2D eigenvalue weighted by Crippen LogP contribution is -2.51. The maximum absolute atomic E-state index is 12.8. The molecular weight excluding hydrogens is 346 g/mol. The minimum absolute atomic E-state index is 0.00816. The lowest BCUT2D eigenvalue weighted by atomic mass is 10.1. The topological polar surface area (TPSA) is 70.2 Å². The minimum atomic E-state index is -0.326. The molecule has 1 aromatic carbocycles. The molecule has 0 N–H and O–H groups in total. The number of anilines is 1. The highest BCUT2D eigenvalue weighted by atomic mass is 16.5. The van der Waals surface area contributed by atoms with Crippen molar-refractivity contribution in [3.05, 3.63) is 24.3 Å². The maximum atomic E-state index is 12.8. The van der Waals surface area contributed by atoms with E-state index in [-0.39, 0.29) is 36.2 Å². The van der Waals surface area contributed by atoms with Crippen molar-refractivity contribution in [1.29, 1.82) is 0 Å². The summed E-state index contributed by atoms with van der Waals surface area (Å²) in [6, 6.07) is 7.40. The van der Waals surface area contributed by atoms with E-state index in [0.29, 0.717) is 32.7 Å². The van der Waals surface area contributed by atoms with Crippen LogP contribution in [0.2, 0.25) is 0 Å². The number of hydrogen-bond donors (Lipinski definition) is 0. The van der Waals surface area contributed by atoms with Crippen molar-refractivity contribution < 1.29 is 19.1 Å². The summed E-state index contributed by atoms with van der Waals surface area (Å²) in [6.07, 6.45) is 0.324. The second-order valence-corrected chi connectivity index (χ2v) is 7.40. The molecular formula is C20H27N3O4. The van der Waals surface area contributed by atoms with Crippen molar-refractivity contribution in [2.24, 2.45) is 5.92 Å². The zero-order chi connectivity index (χ0) is 19.6. The van der Waals surface area contributed by atoms with E-state index >= 15 is 0 Å². The summed E-state index contributed by atoms with van der Waals surface area (Å²) in [7, 11) is 0. The molecule has 2 aliphatic rings. The van der Waals surface area contributed by atoms with Gasteiger partial charge in [0.1, 0.15) is 5.75 Å². The summed E-state index contributed by atoms with van der Waals surface area (Å²) in [5.41, 5.74) is 0.785. The van der Waals surface area contributed by atoms with E-state index in [1.165, 1.54) is 0 Å². The first-order chi connectivity index (χ1) is 12.8. The number of rotatable bonds is 4. The van der Waals surface area contributed by atoms with Gasteiger partial charge in [0, 0.05) is 51.8 Å². The predicted molar refractivity (Wildman–Crippen MR) is 102 cm³/mol. The van der Waals surface area contributed by atoms with Crippen molar-refractivity contribution in [2.45, 2.75) is 33.3 Å². The standard InChI is InChI=1S/C20H27N3O4/c1-14(2)27-18-6-4-17(5-7-18)23-13-16(12-19(23)25)20(26)22-10-8-21(9-11-22)15(3)24/h4-7,14,16H,8-13H2,1-3H3. The summed E-state index contributed by atoms with van der Waals surface area (Å²) in [6.45, 7) is 8.05. The largest absolute Gasteiger partial charge is 0.491 e. The lowest BCUT2D eigenvalue weighted by molar-refractivity contribution is -0.141. The van der Waals surface area contributed by atoms with Crippen LogP contribution < -0.4 is 9.64 Å². The fraction of sp³-hybridized carbons (Fsp3) is 0.550. The Labute approximate surface area is 159 Å². The Bertz CT molecular complexity index is 708. The molecule has 0 aromatic heterocycles. The average Bonchev–Trinajstić information content (AvgIpc) is 3.03. The molecule has 3 rings (SSSR count). The molecule has 1 aromatic rings. The van der Waals surface area contributed by atoms with E-state index in [0.717, 1.165) is 11.4 Å². The maximum Gasteiger partial charge on any atom is 0.228 e. The van der Waals surface area contributed by atoms with E-state index in [9.17, 15) is 14.4 Å². The molecule has 0 saturated carbocycles. The van der Waals surface area contributed by atoms with Crippen LogP contribution in [-0.4, -0.2) is 66.3 Å². The van der Waals surface area contributed by atoms with E-state index in [2.05, 4.69) is 0 Å². The molecule has 7 heteroatoms. The van der Waals surface area contributed by atoms with Crippen LogP contribution in [0.5, 0.6) is 5.75 Å². The fourth-order valence-corrected chi connectivity index (χ4v) is 3.60. The quantitative estimate of drug-likeness (QED) is 0.802. The van der Waals surface area contributed by atoms with Crippen molar-refractivity contribution in [1.82, 2.24) is 9.80 Å². The molecule has 0 radical (unpaired) electrons. The molecule has 2 saturated heterocycles. The van der Waals surface area contributed by atoms with E-state index in [1.807, 2.05) is 38.1 Å². The van der Waals surface area contributed by atoms with Crippen molar-refractivity contribution >= 4 is 23.4 Å². The van der Waals surface area contributed by atoms with Crippen molar-refractivity contribution in [2.75, 3.05) is 37.6 Å². The molecule has 146 valence electrons. The van der Waals surface area contributed by atoms with Gasteiger partial charge in [-0.25, -0.2) is 0 Å². The second-order valence-electron chi connectivity index (χ2n) is 7.40. The average molecular weight is 373 g/mol. The minimum Gasteiger partial charge on any atom is -0.491 e. The number of nitrogens with zero attached hydrogens (tertiary/aromatic N) is 3. The molecule has 1 atom stereocenters. The monoisotopic (exact) mass is 373 g/mol. The van der Waals surface area contributed by atoms with Crippen LogP contribution in [0.25, 0.3) is 0 Å². The first-order valence-electron chi connectivity index (χ1n) is 9.46. The zero-order valence-electron chi connectivity index (χ0n) is 16.2. The van der Waals surface area contributed by atoms with E-state index < -0.39 is 0 Å². The van der Waals surface area contributed by atoms with Crippen molar-refractivity contribution in [3.8, 4) is 5.75 Å². The van der Waals surface area contributed by atoms with Crippen LogP contribution >= 0.6 is 0 Å². The Hall–Kier alpha value is -2.57. The van der Waals surface area contributed by atoms with Gasteiger partial charge in [-0.15, -0.1) is 0 Å². The van der Waals surface area contributed by atoms with Gasteiger partial charge in [-0.2, -0.15) is 0 Å². The summed E-state index contributed by atoms with van der Waals surface area (Å²) in [4.78, 5) is 41.9. The van der Waals surface area contributed by atoms with Crippen LogP contribution in [0.1, 0.15) is 27.2 Å². The third kappa shape index (κ3) is 4.40. The van der Waals surface area contributed by atoms with Crippen LogP contribution in [-0.2, 0) is 14.4 Å². The second kappa shape index (κ2) is 7.98. The van der Waals surface area contributed by atoms with Gasteiger partial charge >= 0.3 is 0 Å². The first-order valence-corrected chi connectivity index (χ1v) is 9.46. The summed E-state index contributed by atoms with van der Waals surface area (Å²) < 4.78 is 5.63. The number of piperazine rings is 1. The number of amides is 3. The lowest BCUT2D eigenvalue weighted by Gasteiger charge is -2.35. The number of benzene rings is 1. The molecule has 7 nitrogen and oxygen atoms in total.